The number of halogens is 3. The predicted octanol–water partition coefficient (Wildman–Crippen LogP) is 4.90. The van der Waals surface area contributed by atoms with Gasteiger partial charge in [-0.25, -0.2) is 0 Å². The van der Waals surface area contributed by atoms with Crippen molar-refractivity contribution < 1.29 is 0 Å². The van der Waals surface area contributed by atoms with Crippen LogP contribution in [0.15, 0.2) is 0 Å². The van der Waals surface area contributed by atoms with Crippen molar-refractivity contribution in [2.45, 2.75) is 61.1 Å². The molecule has 0 aromatic rings. The van der Waals surface area contributed by atoms with Crippen molar-refractivity contribution in [3.63, 3.8) is 0 Å². The molecule has 3 heteroatoms. The van der Waals surface area contributed by atoms with Crippen LogP contribution in [0.5, 0.6) is 0 Å². The topological polar surface area (TPSA) is 0 Å². The fourth-order valence-corrected chi connectivity index (χ4v) is 6.26. The van der Waals surface area contributed by atoms with Gasteiger partial charge in [0.1, 0.15) is 4.33 Å². The largest absolute Gasteiger partial charge is 0.130 e. The summed E-state index contributed by atoms with van der Waals surface area (Å²) in [7, 11) is 0. The normalized spacial score (nSPS) is 52.6. The molecule has 0 amide bonds. The van der Waals surface area contributed by atoms with Crippen molar-refractivity contribution in [1.82, 2.24) is 0 Å². The van der Waals surface area contributed by atoms with Gasteiger partial charge in [0.15, 0.2) is 0 Å². The maximum Gasteiger partial charge on any atom is 0.130 e. The molecule has 0 radical (unpaired) electrons. The van der Waals surface area contributed by atoms with Gasteiger partial charge in [0.05, 0.1) is 0 Å². The number of rotatable bonds is 0. The molecule has 0 N–H and O–H groups in total. The fraction of sp³-hybridized carbons (Fsp3) is 1.00. The van der Waals surface area contributed by atoms with Gasteiger partial charge in [0.25, 0.3) is 0 Å². The van der Waals surface area contributed by atoms with Crippen molar-refractivity contribution in [3.05, 3.63) is 0 Å². The van der Waals surface area contributed by atoms with E-state index in [-0.39, 0.29) is 10.8 Å². The molecule has 3 saturated carbocycles. The summed E-state index contributed by atoms with van der Waals surface area (Å²) in [6.07, 6.45) is 9.73. The molecule has 0 saturated heterocycles. The second-order valence-corrected chi connectivity index (χ2v) is 7.60. The summed E-state index contributed by atoms with van der Waals surface area (Å²) in [6, 6.07) is 0. The zero-order chi connectivity index (χ0) is 10.7. The van der Waals surface area contributed by atoms with Gasteiger partial charge in [0, 0.05) is 16.2 Å². The molecule has 3 atom stereocenters. The van der Waals surface area contributed by atoms with Gasteiger partial charge in [-0.15, -0.1) is 34.8 Å². The molecule has 15 heavy (non-hydrogen) atoms. The molecule has 0 aromatic heterocycles. The van der Waals surface area contributed by atoms with Gasteiger partial charge >= 0.3 is 0 Å². The lowest BCUT2D eigenvalue weighted by Gasteiger charge is -2.19. The van der Waals surface area contributed by atoms with E-state index in [0.717, 1.165) is 12.8 Å². The third-order valence-corrected chi connectivity index (χ3v) is 6.91. The highest BCUT2D eigenvalue weighted by molar-refractivity contribution is 6.52. The highest BCUT2D eigenvalue weighted by Crippen LogP contribution is 2.88. The number of hydrogen-bond acceptors (Lipinski definition) is 0. The van der Waals surface area contributed by atoms with Gasteiger partial charge in [-0.3, -0.25) is 0 Å². The Morgan fingerprint density at radius 2 is 1.27 bits per heavy atom. The Hall–Kier alpha value is 0.870. The van der Waals surface area contributed by atoms with Gasteiger partial charge in [0.2, 0.25) is 0 Å². The summed E-state index contributed by atoms with van der Waals surface area (Å²) in [5.74, 6) is 0. The van der Waals surface area contributed by atoms with E-state index in [1.54, 1.807) is 0 Å². The standard InChI is InChI=1S/C12H17Cl3/c13-9-7-10-5-3-1-2-4-6-11(10,8-9)12(10,14)15/h9H,1-8H2/t9?,10-,11+. The minimum atomic E-state index is -0.463. The highest BCUT2D eigenvalue weighted by atomic mass is 35.5. The number of hydrogen-bond donors (Lipinski definition) is 0. The molecule has 86 valence electrons. The van der Waals surface area contributed by atoms with E-state index in [0.29, 0.717) is 5.38 Å². The van der Waals surface area contributed by atoms with E-state index in [1.165, 1.54) is 38.5 Å². The predicted molar refractivity (Wildman–Crippen MR) is 65.9 cm³/mol. The van der Waals surface area contributed by atoms with Crippen LogP contribution in [0.1, 0.15) is 51.4 Å². The van der Waals surface area contributed by atoms with Gasteiger partial charge < -0.3 is 0 Å². The van der Waals surface area contributed by atoms with E-state index in [2.05, 4.69) is 0 Å². The van der Waals surface area contributed by atoms with Crippen LogP contribution in [-0.4, -0.2) is 9.71 Å². The smallest absolute Gasteiger partial charge is 0.123 e. The molecule has 0 aliphatic heterocycles. The van der Waals surface area contributed by atoms with Crippen LogP contribution in [0.3, 0.4) is 0 Å². The summed E-state index contributed by atoms with van der Waals surface area (Å²) in [4.78, 5) is 0. The van der Waals surface area contributed by atoms with E-state index in [4.69, 9.17) is 34.8 Å². The lowest BCUT2D eigenvalue weighted by Crippen LogP contribution is -2.15. The molecular formula is C12H17Cl3. The first-order chi connectivity index (χ1) is 7.06. The lowest BCUT2D eigenvalue weighted by atomic mass is 9.84. The first-order valence-electron chi connectivity index (χ1n) is 6.08. The Morgan fingerprint density at radius 1 is 0.800 bits per heavy atom. The lowest BCUT2D eigenvalue weighted by molar-refractivity contribution is 0.301. The van der Waals surface area contributed by atoms with E-state index < -0.39 is 4.33 Å². The Kier molecular flexibility index (Phi) is 2.35. The first-order valence-corrected chi connectivity index (χ1v) is 7.27. The second kappa shape index (κ2) is 3.21. The summed E-state index contributed by atoms with van der Waals surface area (Å²) in [5.41, 5.74) is 0.353. The van der Waals surface area contributed by atoms with Crippen LogP contribution in [-0.2, 0) is 0 Å². The molecule has 0 bridgehead atoms. The summed E-state index contributed by atoms with van der Waals surface area (Å²) in [6.45, 7) is 0. The minimum absolute atomic E-state index is 0.177. The van der Waals surface area contributed by atoms with Gasteiger partial charge in [-0.05, 0) is 25.7 Å². The average Bonchev–Trinajstić information content (AvgIpc) is 2.41. The van der Waals surface area contributed by atoms with Gasteiger partial charge in [-0.1, -0.05) is 25.7 Å². The van der Waals surface area contributed by atoms with Crippen molar-refractivity contribution in [2.75, 3.05) is 0 Å². The molecule has 0 aromatic carbocycles. The van der Waals surface area contributed by atoms with Crippen molar-refractivity contribution in [3.8, 4) is 0 Å². The zero-order valence-corrected chi connectivity index (χ0v) is 11.1. The van der Waals surface area contributed by atoms with Crippen LogP contribution in [0.25, 0.3) is 0 Å². The molecule has 1 unspecified atom stereocenters. The van der Waals surface area contributed by atoms with Crippen molar-refractivity contribution >= 4 is 34.8 Å². The van der Waals surface area contributed by atoms with Crippen LogP contribution >= 0.6 is 34.8 Å². The third kappa shape index (κ3) is 1.12. The number of alkyl halides is 3. The van der Waals surface area contributed by atoms with Crippen LogP contribution in [0.2, 0.25) is 0 Å². The average molecular weight is 268 g/mol. The summed E-state index contributed by atoms with van der Waals surface area (Å²) < 4.78 is -0.463. The van der Waals surface area contributed by atoms with E-state index in [9.17, 15) is 0 Å². The monoisotopic (exact) mass is 266 g/mol. The Balaban J connectivity index is 1.95. The molecule has 0 heterocycles. The van der Waals surface area contributed by atoms with Crippen molar-refractivity contribution in [1.29, 1.82) is 0 Å². The molecule has 0 nitrogen and oxygen atoms in total. The van der Waals surface area contributed by atoms with Gasteiger partial charge in [-0.2, -0.15) is 0 Å². The Bertz CT molecular complexity index is 263. The maximum absolute atomic E-state index is 6.58. The Labute approximate surface area is 107 Å². The first kappa shape index (κ1) is 11.0. The Morgan fingerprint density at radius 3 is 1.73 bits per heavy atom. The molecule has 3 aliphatic rings. The summed E-state index contributed by atoms with van der Waals surface area (Å²) >= 11 is 19.5. The summed E-state index contributed by atoms with van der Waals surface area (Å²) in [5, 5.41) is 0.314. The van der Waals surface area contributed by atoms with Crippen LogP contribution in [0, 0.1) is 10.8 Å². The maximum atomic E-state index is 6.58. The molecular weight excluding hydrogens is 250 g/mol. The van der Waals surface area contributed by atoms with Crippen LogP contribution < -0.4 is 0 Å². The van der Waals surface area contributed by atoms with Crippen molar-refractivity contribution in [2.24, 2.45) is 10.8 Å². The SMILES string of the molecule is ClC1C[C@]23CCCCCC[C@@]2(C1)C3(Cl)Cl. The minimum Gasteiger partial charge on any atom is -0.123 e. The molecule has 3 fully saturated rings. The zero-order valence-electron chi connectivity index (χ0n) is 8.87. The molecule has 3 aliphatic carbocycles. The second-order valence-electron chi connectivity index (χ2n) is 5.66. The quantitative estimate of drug-likeness (QED) is 0.548. The van der Waals surface area contributed by atoms with E-state index in [1.807, 2.05) is 0 Å². The van der Waals surface area contributed by atoms with Crippen LogP contribution in [0.4, 0.5) is 0 Å². The molecule has 3 rings (SSSR count). The van der Waals surface area contributed by atoms with E-state index >= 15 is 0 Å². The molecule has 0 spiro atoms. The third-order valence-electron chi connectivity index (χ3n) is 5.15. The highest BCUT2D eigenvalue weighted by Gasteiger charge is 2.87. The fourth-order valence-electron chi connectivity index (χ4n) is 4.42.